The van der Waals surface area contributed by atoms with E-state index >= 15 is 0 Å². The summed E-state index contributed by atoms with van der Waals surface area (Å²) in [5.74, 6) is 0. The second-order valence-electron chi connectivity index (χ2n) is 1.41. The number of nitrogens with zero attached hydrogens (tertiary/aromatic N) is 1. The summed E-state index contributed by atoms with van der Waals surface area (Å²) in [4.78, 5) is 0. The Morgan fingerprint density at radius 2 is 2.38 bits per heavy atom. The van der Waals surface area contributed by atoms with E-state index in [1.54, 1.807) is 12.2 Å². The topological polar surface area (TPSA) is 32.7 Å². The van der Waals surface area contributed by atoms with Crippen LogP contribution in [0.4, 0.5) is 0 Å². The molecule has 44 valence electrons. The number of ether oxygens (including phenoxy) is 1. The molecule has 0 saturated heterocycles. The van der Waals surface area contributed by atoms with Crippen LogP contribution >= 0.6 is 0 Å². The van der Waals surface area contributed by atoms with Crippen LogP contribution in [0.25, 0.3) is 0 Å². The fraction of sp³-hybridized carbons (Fsp3) is 0.200. The standard InChI is InChI=1S/C5H7NO2/c7-6-3-1-2-4-8-5-6/h1-4,7H,5H2. The van der Waals surface area contributed by atoms with E-state index in [2.05, 4.69) is 0 Å². The molecule has 0 amide bonds. The second-order valence-corrected chi connectivity index (χ2v) is 1.41. The lowest BCUT2D eigenvalue weighted by Gasteiger charge is -2.07. The molecule has 0 atom stereocenters. The van der Waals surface area contributed by atoms with Gasteiger partial charge in [-0.2, -0.15) is 0 Å². The number of hydrogen-bond acceptors (Lipinski definition) is 3. The Kier molecular flexibility index (Phi) is 1.54. The number of hydrogen-bond donors (Lipinski definition) is 1. The van der Waals surface area contributed by atoms with E-state index in [0.29, 0.717) is 0 Å². The molecule has 1 rings (SSSR count). The van der Waals surface area contributed by atoms with E-state index < -0.39 is 0 Å². The van der Waals surface area contributed by atoms with E-state index in [1.807, 2.05) is 0 Å². The average Bonchev–Trinajstić information content (AvgIpc) is 1.94. The third-order valence-corrected chi connectivity index (χ3v) is 0.751. The van der Waals surface area contributed by atoms with Gasteiger partial charge in [0.1, 0.15) is 0 Å². The Hall–Kier alpha value is -0.960. The van der Waals surface area contributed by atoms with Gasteiger partial charge >= 0.3 is 0 Å². The molecule has 1 aliphatic rings. The lowest BCUT2D eigenvalue weighted by atomic mass is 10.6. The summed E-state index contributed by atoms with van der Waals surface area (Å²) in [5.41, 5.74) is 0. The summed E-state index contributed by atoms with van der Waals surface area (Å²) in [5, 5.41) is 9.63. The van der Waals surface area contributed by atoms with Crippen molar-refractivity contribution in [2.75, 3.05) is 6.73 Å². The third-order valence-electron chi connectivity index (χ3n) is 0.751. The highest BCUT2D eigenvalue weighted by Crippen LogP contribution is 1.91. The highest BCUT2D eigenvalue weighted by atomic mass is 16.6. The minimum Gasteiger partial charge on any atom is -0.479 e. The third kappa shape index (κ3) is 1.27. The zero-order valence-electron chi connectivity index (χ0n) is 4.32. The van der Waals surface area contributed by atoms with Gasteiger partial charge in [-0.15, -0.1) is 0 Å². The Morgan fingerprint density at radius 3 is 3.25 bits per heavy atom. The maximum atomic E-state index is 8.67. The molecule has 3 nitrogen and oxygen atoms in total. The summed E-state index contributed by atoms with van der Waals surface area (Å²) < 4.78 is 4.74. The molecule has 0 saturated carbocycles. The molecular weight excluding hydrogens is 106 g/mol. The van der Waals surface area contributed by atoms with Gasteiger partial charge in [0.15, 0.2) is 6.73 Å². The predicted molar refractivity (Wildman–Crippen MR) is 27.9 cm³/mol. The molecule has 8 heavy (non-hydrogen) atoms. The molecule has 0 bridgehead atoms. The molecule has 0 spiro atoms. The maximum Gasteiger partial charge on any atom is 0.183 e. The van der Waals surface area contributed by atoms with Crippen molar-refractivity contribution in [1.29, 1.82) is 0 Å². The maximum absolute atomic E-state index is 8.67. The quantitative estimate of drug-likeness (QED) is 0.501. The minimum absolute atomic E-state index is 0.201. The molecular formula is C5H7NO2. The highest BCUT2D eigenvalue weighted by molar-refractivity contribution is 4.99. The lowest BCUT2D eigenvalue weighted by molar-refractivity contribution is -0.100. The Morgan fingerprint density at radius 1 is 1.50 bits per heavy atom. The molecule has 0 aromatic heterocycles. The lowest BCUT2D eigenvalue weighted by Crippen LogP contribution is -2.12. The van der Waals surface area contributed by atoms with E-state index in [-0.39, 0.29) is 6.73 Å². The van der Waals surface area contributed by atoms with Crippen LogP contribution in [0.2, 0.25) is 0 Å². The van der Waals surface area contributed by atoms with Gasteiger partial charge in [0.2, 0.25) is 0 Å². The molecule has 0 aromatic carbocycles. The van der Waals surface area contributed by atoms with Crippen LogP contribution in [0.1, 0.15) is 0 Å². The van der Waals surface area contributed by atoms with Crippen LogP contribution in [0, 0.1) is 0 Å². The Labute approximate surface area is 47.4 Å². The van der Waals surface area contributed by atoms with Gasteiger partial charge in [0.05, 0.1) is 6.26 Å². The normalized spacial score (nSPS) is 17.9. The Bertz CT molecular complexity index is 120. The fourth-order valence-electron chi connectivity index (χ4n) is 0.412. The van der Waals surface area contributed by atoms with Crippen molar-refractivity contribution in [1.82, 2.24) is 5.06 Å². The first-order valence-electron chi connectivity index (χ1n) is 2.30. The molecule has 1 N–H and O–H groups in total. The molecule has 1 aliphatic heterocycles. The first-order chi connectivity index (χ1) is 3.89. The van der Waals surface area contributed by atoms with Crippen molar-refractivity contribution in [2.45, 2.75) is 0 Å². The van der Waals surface area contributed by atoms with E-state index in [4.69, 9.17) is 9.94 Å². The molecule has 3 heteroatoms. The summed E-state index contributed by atoms with van der Waals surface area (Å²) in [6, 6.07) is 0. The van der Waals surface area contributed by atoms with E-state index in [0.717, 1.165) is 5.06 Å². The summed E-state index contributed by atoms with van der Waals surface area (Å²) in [6.07, 6.45) is 6.43. The van der Waals surface area contributed by atoms with Gasteiger partial charge in [0, 0.05) is 6.20 Å². The zero-order chi connectivity index (χ0) is 5.82. The van der Waals surface area contributed by atoms with Gasteiger partial charge in [-0.1, -0.05) is 0 Å². The molecule has 1 heterocycles. The van der Waals surface area contributed by atoms with Gasteiger partial charge in [-0.25, -0.2) is 5.06 Å². The van der Waals surface area contributed by atoms with E-state index in [1.165, 1.54) is 12.5 Å². The van der Waals surface area contributed by atoms with Crippen LogP contribution in [-0.2, 0) is 4.74 Å². The highest BCUT2D eigenvalue weighted by Gasteiger charge is 1.90. The smallest absolute Gasteiger partial charge is 0.183 e. The first-order valence-corrected chi connectivity index (χ1v) is 2.30. The summed E-state index contributed by atoms with van der Waals surface area (Å²) in [6.45, 7) is 0.201. The first kappa shape index (κ1) is 5.18. The minimum atomic E-state index is 0.201. The average molecular weight is 113 g/mol. The number of rotatable bonds is 0. The predicted octanol–water partition coefficient (Wildman–Crippen LogP) is 0.693. The van der Waals surface area contributed by atoms with Crippen LogP contribution < -0.4 is 0 Å². The van der Waals surface area contributed by atoms with Gasteiger partial charge in [-0.3, -0.25) is 5.21 Å². The van der Waals surface area contributed by atoms with Crippen molar-refractivity contribution in [3.8, 4) is 0 Å². The monoisotopic (exact) mass is 113 g/mol. The summed E-state index contributed by atoms with van der Waals surface area (Å²) in [7, 11) is 0. The zero-order valence-corrected chi connectivity index (χ0v) is 4.32. The number of allylic oxidation sites excluding steroid dienone is 2. The molecule has 0 unspecified atom stereocenters. The number of hydroxylamine groups is 2. The van der Waals surface area contributed by atoms with Crippen molar-refractivity contribution >= 4 is 0 Å². The molecule has 0 aliphatic carbocycles. The summed E-state index contributed by atoms with van der Waals surface area (Å²) >= 11 is 0. The van der Waals surface area contributed by atoms with Crippen LogP contribution in [0.5, 0.6) is 0 Å². The second kappa shape index (κ2) is 2.37. The Balaban J connectivity index is 2.46. The van der Waals surface area contributed by atoms with Crippen LogP contribution in [0.15, 0.2) is 24.6 Å². The largest absolute Gasteiger partial charge is 0.479 e. The van der Waals surface area contributed by atoms with Crippen LogP contribution in [0.3, 0.4) is 0 Å². The molecule has 0 aromatic rings. The van der Waals surface area contributed by atoms with Crippen molar-refractivity contribution < 1.29 is 9.94 Å². The molecule has 0 radical (unpaired) electrons. The fourth-order valence-corrected chi connectivity index (χ4v) is 0.412. The van der Waals surface area contributed by atoms with Gasteiger partial charge in [-0.05, 0) is 12.2 Å². The van der Waals surface area contributed by atoms with Gasteiger partial charge < -0.3 is 4.74 Å². The van der Waals surface area contributed by atoms with Gasteiger partial charge in [0.25, 0.3) is 0 Å². The SMILES string of the molecule is ON1C=CC=COC1. The van der Waals surface area contributed by atoms with E-state index in [9.17, 15) is 0 Å². The van der Waals surface area contributed by atoms with Crippen LogP contribution in [-0.4, -0.2) is 17.0 Å². The van der Waals surface area contributed by atoms with Crippen molar-refractivity contribution in [2.24, 2.45) is 0 Å². The van der Waals surface area contributed by atoms with Crippen molar-refractivity contribution in [3.63, 3.8) is 0 Å². The van der Waals surface area contributed by atoms with Crippen molar-refractivity contribution in [3.05, 3.63) is 24.6 Å². The molecule has 0 fully saturated rings.